The highest BCUT2D eigenvalue weighted by molar-refractivity contribution is 5.80. The van der Waals surface area contributed by atoms with Crippen molar-refractivity contribution < 1.29 is 9.90 Å². The van der Waals surface area contributed by atoms with Gasteiger partial charge >= 0.3 is 0 Å². The molecule has 0 aliphatic heterocycles. The van der Waals surface area contributed by atoms with Crippen molar-refractivity contribution in [1.82, 2.24) is 4.90 Å². The number of aliphatic hydroxyl groups excluding tert-OH is 1. The number of benzene rings is 1. The highest BCUT2D eigenvalue weighted by Crippen LogP contribution is 2.17. The van der Waals surface area contributed by atoms with E-state index in [-0.39, 0.29) is 18.4 Å². The van der Waals surface area contributed by atoms with Gasteiger partial charge in [-0.1, -0.05) is 30.3 Å². The Morgan fingerprint density at radius 3 is 2.42 bits per heavy atom. The third kappa shape index (κ3) is 4.04. The molecule has 0 fully saturated rings. The number of aliphatic hydroxyl groups is 1. The first kappa shape index (κ1) is 15.7. The monoisotopic (exact) mass is 264 g/mol. The molecule has 0 heterocycles. The van der Waals surface area contributed by atoms with Crippen molar-refractivity contribution in [2.75, 3.05) is 20.2 Å². The van der Waals surface area contributed by atoms with E-state index in [1.165, 1.54) is 0 Å². The van der Waals surface area contributed by atoms with Crippen LogP contribution in [-0.4, -0.2) is 41.7 Å². The Hall–Kier alpha value is -1.39. The maximum atomic E-state index is 12.4. The second-order valence-corrected chi connectivity index (χ2v) is 5.49. The van der Waals surface area contributed by atoms with Gasteiger partial charge in [0.1, 0.15) is 0 Å². The predicted molar refractivity (Wildman–Crippen MR) is 76.6 cm³/mol. The van der Waals surface area contributed by atoms with Crippen molar-refractivity contribution in [3.63, 3.8) is 0 Å². The Morgan fingerprint density at radius 1 is 1.37 bits per heavy atom. The number of rotatable bonds is 6. The molecule has 1 aromatic rings. The van der Waals surface area contributed by atoms with Crippen molar-refractivity contribution in [3.8, 4) is 0 Å². The molecule has 3 N–H and O–H groups in total. The fourth-order valence-corrected chi connectivity index (χ4v) is 1.85. The third-order valence-corrected chi connectivity index (χ3v) is 3.58. The second kappa shape index (κ2) is 6.68. The van der Waals surface area contributed by atoms with Gasteiger partial charge in [0.2, 0.25) is 5.91 Å². The van der Waals surface area contributed by atoms with Crippen LogP contribution in [0.25, 0.3) is 0 Å². The summed E-state index contributed by atoms with van der Waals surface area (Å²) >= 11 is 0. The van der Waals surface area contributed by atoms with E-state index in [0.717, 1.165) is 5.56 Å². The van der Waals surface area contributed by atoms with Crippen LogP contribution in [-0.2, 0) is 11.2 Å². The van der Waals surface area contributed by atoms with Gasteiger partial charge in [0.05, 0.1) is 18.1 Å². The first-order chi connectivity index (χ1) is 8.92. The zero-order chi connectivity index (χ0) is 14.5. The van der Waals surface area contributed by atoms with Crippen LogP contribution in [0.1, 0.15) is 19.4 Å². The van der Waals surface area contributed by atoms with Crippen LogP contribution in [0.3, 0.4) is 0 Å². The molecule has 1 amide bonds. The predicted octanol–water partition coefficient (Wildman–Crippen LogP) is 1.03. The zero-order valence-corrected chi connectivity index (χ0v) is 12.0. The Bertz CT molecular complexity index is 404. The maximum Gasteiger partial charge on any atom is 0.227 e. The second-order valence-electron chi connectivity index (χ2n) is 5.49. The Labute approximate surface area is 115 Å². The highest BCUT2D eigenvalue weighted by Gasteiger charge is 2.30. The molecule has 106 valence electrons. The van der Waals surface area contributed by atoms with E-state index in [2.05, 4.69) is 0 Å². The fraction of sp³-hybridized carbons (Fsp3) is 0.533. The standard InChI is InChI=1S/C15H24N2O2/c1-15(2,11-18)17(3)14(19)13(10-16)9-12-7-5-4-6-8-12/h4-8,13,18H,9-11,16H2,1-3H3. The van der Waals surface area contributed by atoms with Crippen molar-refractivity contribution in [1.29, 1.82) is 0 Å². The quantitative estimate of drug-likeness (QED) is 0.806. The van der Waals surface area contributed by atoms with Crippen LogP contribution in [0.5, 0.6) is 0 Å². The molecule has 0 aliphatic carbocycles. The summed E-state index contributed by atoms with van der Waals surface area (Å²) in [6.07, 6.45) is 0.627. The van der Waals surface area contributed by atoms with E-state index in [4.69, 9.17) is 5.73 Å². The molecular weight excluding hydrogens is 240 g/mol. The minimum Gasteiger partial charge on any atom is -0.394 e. The van der Waals surface area contributed by atoms with E-state index < -0.39 is 5.54 Å². The summed E-state index contributed by atoms with van der Waals surface area (Å²) in [4.78, 5) is 14.0. The number of amides is 1. The summed E-state index contributed by atoms with van der Waals surface area (Å²) in [7, 11) is 1.71. The van der Waals surface area contributed by atoms with E-state index in [0.29, 0.717) is 13.0 Å². The van der Waals surface area contributed by atoms with Crippen LogP contribution < -0.4 is 5.73 Å². The van der Waals surface area contributed by atoms with Crippen LogP contribution >= 0.6 is 0 Å². The number of hydrogen-bond acceptors (Lipinski definition) is 3. The van der Waals surface area contributed by atoms with Crippen LogP contribution in [0.15, 0.2) is 30.3 Å². The lowest BCUT2D eigenvalue weighted by molar-refractivity contribution is -0.140. The topological polar surface area (TPSA) is 66.6 Å². The minimum absolute atomic E-state index is 0.0228. The number of nitrogens with zero attached hydrogens (tertiary/aromatic N) is 1. The average molecular weight is 264 g/mol. The molecule has 1 rings (SSSR count). The summed E-state index contributed by atoms with van der Waals surface area (Å²) in [5.74, 6) is -0.274. The summed E-state index contributed by atoms with van der Waals surface area (Å²) in [6.45, 7) is 3.90. The Kier molecular flexibility index (Phi) is 5.51. The Balaban J connectivity index is 2.77. The van der Waals surface area contributed by atoms with Gasteiger partial charge in [0, 0.05) is 13.6 Å². The molecule has 1 aromatic carbocycles. The molecule has 0 radical (unpaired) electrons. The van der Waals surface area contributed by atoms with E-state index >= 15 is 0 Å². The van der Waals surface area contributed by atoms with Crippen molar-refractivity contribution >= 4 is 5.91 Å². The molecular formula is C15H24N2O2. The zero-order valence-electron chi connectivity index (χ0n) is 12.0. The fourth-order valence-electron chi connectivity index (χ4n) is 1.85. The van der Waals surface area contributed by atoms with Gasteiger partial charge < -0.3 is 15.7 Å². The number of carbonyl (C=O) groups is 1. The lowest BCUT2D eigenvalue weighted by atomic mass is 9.95. The third-order valence-electron chi connectivity index (χ3n) is 3.58. The first-order valence-electron chi connectivity index (χ1n) is 6.55. The molecule has 1 atom stereocenters. The molecule has 0 saturated carbocycles. The summed E-state index contributed by atoms with van der Waals surface area (Å²) < 4.78 is 0. The molecule has 19 heavy (non-hydrogen) atoms. The maximum absolute atomic E-state index is 12.4. The first-order valence-corrected chi connectivity index (χ1v) is 6.55. The molecule has 0 aromatic heterocycles. The SMILES string of the molecule is CN(C(=O)C(CN)Cc1ccccc1)C(C)(C)CO. The number of likely N-dealkylation sites (N-methyl/N-ethyl adjacent to an activating group) is 1. The summed E-state index contributed by atoms with van der Waals surface area (Å²) in [5, 5.41) is 9.33. The van der Waals surface area contributed by atoms with Crippen molar-refractivity contribution in [2.45, 2.75) is 25.8 Å². The normalized spacial score (nSPS) is 13.1. The van der Waals surface area contributed by atoms with Gasteiger partial charge in [0.15, 0.2) is 0 Å². The van der Waals surface area contributed by atoms with E-state index in [1.54, 1.807) is 11.9 Å². The number of nitrogens with two attached hydrogens (primary N) is 1. The van der Waals surface area contributed by atoms with Crippen molar-refractivity contribution in [3.05, 3.63) is 35.9 Å². The number of hydrogen-bond donors (Lipinski definition) is 2. The number of carbonyl (C=O) groups excluding carboxylic acids is 1. The minimum atomic E-state index is -0.568. The van der Waals surface area contributed by atoms with Crippen LogP contribution in [0.4, 0.5) is 0 Å². The molecule has 0 bridgehead atoms. The lowest BCUT2D eigenvalue weighted by Gasteiger charge is -2.36. The smallest absolute Gasteiger partial charge is 0.227 e. The molecule has 0 spiro atoms. The summed E-state index contributed by atoms with van der Waals surface area (Å²) in [6, 6.07) is 9.84. The lowest BCUT2D eigenvalue weighted by Crippen LogP contribution is -2.51. The largest absolute Gasteiger partial charge is 0.394 e. The average Bonchev–Trinajstić information content (AvgIpc) is 2.44. The molecule has 1 unspecified atom stereocenters. The van der Waals surface area contributed by atoms with Gasteiger partial charge in [-0.3, -0.25) is 4.79 Å². The van der Waals surface area contributed by atoms with Crippen molar-refractivity contribution in [2.24, 2.45) is 11.7 Å². The van der Waals surface area contributed by atoms with E-state index in [9.17, 15) is 9.90 Å². The summed E-state index contributed by atoms with van der Waals surface area (Å²) in [5.41, 5.74) is 6.26. The molecule has 4 heteroatoms. The van der Waals surface area contributed by atoms with Gasteiger partial charge in [-0.05, 0) is 25.8 Å². The van der Waals surface area contributed by atoms with Gasteiger partial charge in [-0.2, -0.15) is 0 Å². The van der Waals surface area contributed by atoms with Crippen LogP contribution in [0, 0.1) is 5.92 Å². The van der Waals surface area contributed by atoms with Gasteiger partial charge in [0.25, 0.3) is 0 Å². The van der Waals surface area contributed by atoms with E-state index in [1.807, 2.05) is 44.2 Å². The van der Waals surface area contributed by atoms with Crippen LogP contribution in [0.2, 0.25) is 0 Å². The van der Waals surface area contributed by atoms with Gasteiger partial charge in [-0.15, -0.1) is 0 Å². The molecule has 0 aliphatic rings. The molecule has 0 saturated heterocycles. The van der Waals surface area contributed by atoms with Gasteiger partial charge in [-0.25, -0.2) is 0 Å². The Morgan fingerprint density at radius 2 is 1.95 bits per heavy atom. The molecule has 4 nitrogen and oxygen atoms in total. The highest BCUT2D eigenvalue weighted by atomic mass is 16.3.